The van der Waals surface area contributed by atoms with Crippen molar-refractivity contribution in [2.45, 2.75) is 20.3 Å². The number of phenols is 1. The van der Waals surface area contributed by atoms with Crippen molar-refractivity contribution in [2.24, 2.45) is 5.92 Å². The number of halogens is 1. The molecule has 0 radical (unpaired) electrons. The minimum atomic E-state index is -0.234. The number of hydrogen-bond donors (Lipinski definition) is 1. The van der Waals surface area contributed by atoms with Crippen LogP contribution < -0.4 is 0 Å². The lowest BCUT2D eigenvalue weighted by Crippen LogP contribution is -1.99. The summed E-state index contributed by atoms with van der Waals surface area (Å²) >= 11 is 5.09. The third-order valence-corrected chi connectivity index (χ3v) is 2.13. The van der Waals surface area contributed by atoms with E-state index in [1.165, 1.54) is 0 Å². The molecule has 0 fully saturated rings. The van der Waals surface area contributed by atoms with Crippen molar-refractivity contribution in [2.75, 3.05) is 0 Å². The second-order valence-electron chi connectivity index (χ2n) is 2.95. The highest BCUT2D eigenvalue weighted by atomic mass is 35.5. The van der Waals surface area contributed by atoms with Crippen LogP contribution in [0.15, 0.2) is 30.3 Å². The molecule has 0 aromatic heterocycles. The number of aromatic hydroxyl groups is 1. The molecule has 1 aromatic carbocycles. The molecular formula is C11H15ClO2. The lowest BCUT2D eigenvalue weighted by molar-refractivity contribution is -0.114. The summed E-state index contributed by atoms with van der Waals surface area (Å²) in [5.41, 5.74) is 0. The molecule has 2 nitrogen and oxygen atoms in total. The molecule has 0 saturated heterocycles. The SMILES string of the molecule is CCC(C)C(=O)Cl.Oc1ccccc1. The molecule has 0 aliphatic heterocycles. The van der Waals surface area contributed by atoms with E-state index in [0.717, 1.165) is 6.42 Å². The second kappa shape index (κ2) is 7.39. The van der Waals surface area contributed by atoms with Crippen LogP contribution in [0.4, 0.5) is 0 Å². The van der Waals surface area contributed by atoms with Gasteiger partial charge < -0.3 is 5.11 Å². The Bertz CT molecular complexity index is 259. The molecule has 1 N–H and O–H groups in total. The summed E-state index contributed by atoms with van der Waals surface area (Å²) in [5.74, 6) is 0.351. The van der Waals surface area contributed by atoms with E-state index in [0.29, 0.717) is 5.75 Å². The van der Waals surface area contributed by atoms with Gasteiger partial charge in [0, 0.05) is 5.92 Å². The summed E-state index contributed by atoms with van der Waals surface area (Å²) in [5, 5.41) is 8.40. The topological polar surface area (TPSA) is 37.3 Å². The summed E-state index contributed by atoms with van der Waals surface area (Å²) in [7, 11) is 0. The van der Waals surface area contributed by atoms with Gasteiger partial charge in [0.05, 0.1) is 0 Å². The van der Waals surface area contributed by atoms with Gasteiger partial charge in [0.2, 0.25) is 5.24 Å². The number of hydrogen-bond acceptors (Lipinski definition) is 2. The molecular weight excluding hydrogens is 200 g/mol. The highest BCUT2D eigenvalue weighted by Gasteiger charge is 2.04. The predicted octanol–water partition coefficient (Wildman–Crippen LogP) is 3.19. The van der Waals surface area contributed by atoms with Gasteiger partial charge in [-0.15, -0.1) is 0 Å². The molecule has 0 spiro atoms. The van der Waals surface area contributed by atoms with Gasteiger partial charge in [-0.2, -0.15) is 0 Å². The first-order valence-corrected chi connectivity index (χ1v) is 4.89. The van der Waals surface area contributed by atoms with Crippen LogP contribution in [0, 0.1) is 5.92 Å². The van der Waals surface area contributed by atoms with Gasteiger partial charge in [0.1, 0.15) is 5.75 Å². The van der Waals surface area contributed by atoms with E-state index in [9.17, 15) is 4.79 Å². The van der Waals surface area contributed by atoms with Crippen LogP contribution in [0.2, 0.25) is 0 Å². The molecule has 0 bridgehead atoms. The number of benzene rings is 1. The molecule has 1 rings (SSSR count). The van der Waals surface area contributed by atoms with E-state index >= 15 is 0 Å². The molecule has 0 heterocycles. The zero-order valence-corrected chi connectivity index (χ0v) is 9.16. The maximum Gasteiger partial charge on any atom is 0.224 e. The van der Waals surface area contributed by atoms with Crippen molar-refractivity contribution in [3.05, 3.63) is 30.3 Å². The van der Waals surface area contributed by atoms with Crippen molar-refractivity contribution in [1.82, 2.24) is 0 Å². The Morgan fingerprint density at radius 3 is 2.07 bits per heavy atom. The van der Waals surface area contributed by atoms with Gasteiger partial charge in [0.25, 0.3) is 0 Å². The standard InChI is InChI=1S/C6H6O.C5H9ClO/c7-6-4-2-1-3-5-6;1-3-4(2)5(6)7/h1-5,7H;4H,3H2,1-2H3. The first kappa shape index (κ1) is 13.0. The summed E-state index contributed by atoms with van der Waals surface area (Å²) in [6.45, 7) is 3.75. The highest BCUT2D eigenvalue weighted by Crippen LogP contribution is 2.03. The van der Waals surface area contributed by atoms with Crippen molar-refractivity contribution < 1.29 is 9.90 Å². The molecule has 0 aliphatic carbocycles. The number of para-hydroxylation sites is 1. The molecule has 1 atom stereocenters. The Balaban J connectivity index is 0.000000241. The average Bonchev–Trinajstić information content (AvgIpc) is 2.18. The molecule has 1 unspecified atom stereocenters. The van der Waals surface area contributed by atoms with E-state index in [4.69, 9.17) is 16.7 Å². The van der Waals surface area contributed by atoms with E-state index in [1.807, 2.05) is 19.9 Å². The molecule has 3 heteroatoms. The van der Waals surface area contributed by atoms with Crippen LogP contribution in [0.1, 0.15) is 20.3 Å². The lowest BCUT2D eigenvalue weighted by Gasteiger charge is -1.95. The highest BCUT2D eigenvalue weighted by molar-refractivity contribution is 6.63. The summed E-state index contributed by atoms with van der Waals surface area (Å²) < 4.78 is 0. The Morgan fingerprint density at radius 2 is 1.93 bits per heavy atom. The van der Waals surface area contributed by atoms with Gasteiger partial charge in [-0.3, -0.25) is 4.79 Å². The summed E-state index contributed by atoms with van der Waals surface area (Å²) in [4.78, 5) is 10.1. The molecule has 78 valence electrons. The number of phenolic OH excluding ortho intramolecular Hbond substituents is 1. The van der Waals surface area contributed by atoms with Gasteiger partial charge in [-0.1, -0.05) is 32.0 Å². The Kier molecular flexibility index (Phi) is 6.85. The maximum atomic E-state index is 10.1. The fourth-order valence-electron chi connectivity index (χ4n) is 0.588. The molecule has 14 heavy (non-hydrogen) atoms. The minimum Gasteiger partial charge on any atom is -0.508 e. The molecule has 1 aromatic rings. The summed E-state index contributed by atoms with van der Waals surface area (Å²) in [6, 6.07) is 8.71. The molecule has 0 saturated carbocycles. The third-order valence-electron chi connectivity index (χ3n) is 1.76. The monoisotopic (exact) mass is 214 g/mol. The normalized spacial score (nSPS) is 11.1. The first-order chi connectivity index (χ1) is 6.57. The molecule has 0 amide bonds. The smallest absolute Gasteiger partial charge is 0.224 e. The van der Waals surface area contributed by atoms with Gasteiger partial charge in [-0.05, 0) is 30.2 Å². The Hall–Kier alpha value is -1.02. The van der Waals surface area contributed by atoms with Crippen molar-refractivity contribution in [1.29, 1.82) is 0 Å². The second-order valence-corrected chi connectivity index (χ2v) is 3.32. The zero-order chi connectivity index (χ0) is 11.0. The quantitative estimate of drug-likeness (QED) is 0.768. The number of carbonyl (C=O) groups is 1. The zero-order valence-electron chi connectivity index (χ0n) is 8.40. The van der Waals surface area contributed by atoms with Gasteiger partial charge in [-0.25, -0.2) is 0 Å². The Morgan fingerprint density at radius 1 is 1.43 bits per heavy atom. The van der Waals surface area contributed by atoms with E-state index in [2.05, 4.69) is 0 Å². The summed E-state index contributed by atoms with van der Waals surface area (Å²) in [6.07, 6.45) is 0.836. The van der Waals surface area contributed by atoms with Crippen LogP contribution in [0.5, 0.6) is 5.75 Å². The van der Waals surface area contributed by atoms with E-state index < -0.39 is 0 Å². The van der Waals surface area contributed by atoms with Gasteiger partial charge in [0.15, 0.2) is 0 Å². The van der Waals surface area contributed by atoms with E-state index in [1.54, 1.807) is 24.3 Å². The maximum absolute atomic E-state index is 10.1. The lowest BCUT2D eigenvalue weighted by atomic mass is 10.1. The van der Waals surface area contributed by atoms with Crippen molar-refractivity contribution >= 4 is 16.8 Å². The van der Waals surface area contributed by atoms with Crippen LogP contribution in [0.25, 0.3) is 0 Å². The van der Waals surface area contributed by atoms with Crippen molar-refractivity contribution in [3.8, 4) is 5.75 Å². The fourth-order valence-corrected chi connectivity index (χ4v) is 0.743. The fraction of sp³-hybridized carbons (Fsp3) is 0.364. The first-order valence-electron chi connectivity index (χ1n) is 4.51. The van der Waals surface area contributed by atoms with Gasteiger partial charge >= 0.3 is 0 Å². The van der Waals surface area contributed by atoms with E-state index in [-0.39, 0.29) is 11.2 Å². The molecule has 0 aliphatic rings. The van der Waals surface area contributed by atoms with Crippen molar-refractivity contribution in [3.63, 3.8) is 0 Å². The third kappa shape index (κ3) is 6.49. The van der Waals surface area contributed by atoms with Crippen LogP contribution in [0.3, 0.4) is 0 Å². The van der Waals surface area contributed by atoms with Crippen LogP contribution in [-0.4, -0.2) is 10.3 Å². The number of rotatable bonds is 2. The largest absolute Gasteiger partial charge is 0.508 e. The minimum absolute atomic E-state index is 0.0293. The average molecular weight is 215 g/mol. The van der Waals surface area contributed by atoms with Crippen LogP contribution >= 0.6 is 11.6 Å². The Labute approximate surface area is 89.5 Å². The van der Waals surface area contributed by atoms with Crippen LogP contribution in [-0.2, 0) is 4.79 Å². The number of carbonyl (C=O) groups excluding carboxylic acids is 1. The predicted molar refractivity (Wildman–Crippen MR) is 58.4 cm³/mol.